The molecule has 2 heterocycles. The first-order valence-corrected chi connectivity index (χ1v) is 7.83. The van der Waals surface area contributed by atoms with Gasteiger partial charge in [0.2, 0.25) is 5.88 Å². The van der Waals surface area contributed by atoms with Crippen molar-refractivity contribution in [3.8, 4) is 5.88 Å². The van der Waals surface area contributed by atoms with E-state index < -0.39 is 0 Å². The quantitative estimate of drug-likeness (QED) is 0.749. The van der Waals surface area contributed by atoms with Crippen molar-refractivity contribution in [2.45, 2.75) is 25.9 Å². The van der Waals surface area contributed by atoms with E-state index in [9.17, 15) is 0 Å². The van der Waals surface area contributed by atoms with E-state index in [1.54, 1.807) is 12.4 Å². The molecule has 0 bridgehead atoms. The molecule has 0 aliphatic carbocycles. The third kappa shape index (κ3) is 4.31. The summed E-state index contributed by atoms with van der Waals surface area (Å²) in [4.78, 5) is 10.9. The Labute approximate surface area is 122 Å². The summed E-state index contributed by atoms with van der Waals surface area (Å²) in [7, 11) is 0. The second kappa shape index (κ2) is 7.65. The van der Waals surface area contributed by atoms with Crippen molar-refractivity contribution in [2.24, 2.45) is 0 Å². The summed E-state index contributed by atoms with van der Waals surface area (Å²) >= 11 is 3.38. The molecule has 0 aromatic carbocycles. The molecule has 1 aliphatic heterocycles. The molecule has 0 spiro atoms. The van der Waals surface area contributed by atoms with E-state index in [2.05, 4.69) is 30.8 Å². The van der Waals surface area contributed by atoms with Crippen LogP contribution in [0, 0.1) is 0 Å². The molecule has 1 fully saturated rings. The van der Waals surface area contributed by atoms with Crippen LogP contribution in [0.15, 0.2) is 12.4 Å². The summed E-state index contributed by atoms with van der Waals surface area (Å²) in [6.07, 6.45) is 5.89. The number of anilines is 1. The number of aromatic nitrogens is 2. The van der Waals surface area contributed by atoms with Crippen molar-refractivity contribution in [2.75, 3.05) is 36.5 Å². The number of halogens is 1. The van der Waals surface area contributed by atoms with E-state index in [4.69, 9.17) is 9.47 Å². The zero-order valence-corrected chi connectivity index (χ0v) is 12.8. The second-order valence-electron chi connectivity index (χ2n) is 4.39. The predicted molar refractivity (Wildman–Crippen MR) is 78.2 cm³/mol. The Kier molecular flexibility index (Phi) is 5.85. The second-order valence-corrected chi connectivity index (χ2v) is 5.19. The lowest BCUT2D eigenvalue weighted by Crippen LogP contribution is -2.37. The Hall–Kier alpha value is -0.880. The van der Waals surface area contributed by atoms with Gasteiger partial charge in [0.25, 0.3) is 0 Å². The summed E-state index contributed by atoms with van der Waals surface area (Å²) in [6, 6.07) is 0. The molecular formula is C13H20BrN3O2. The van der Waals surface area contributed by atoms with Gasteiger partial charge in [0, 0.05) is 18.4 Å². The van der Waals surface area contributed by atoms with Crippen LogP contribution < -0.4 is 9.64 Å². The average molecular weight is 330 g/mol. The molecule has 1 aromatic heterocycles. The minimum absolute atomic E-state index is 0.372. The van der Waals surface area contributed by atoms with Crippen LogP contribution >= 0.6 is 15.9 Å². The fraction of sp³-hybridized carbons (Fsp3) is 0.692. The van der Waals surface area contributed by atoms with Crippen LogP contribution in [-0.2, 0) is 4.74 Å². The van der Waals surface area contributed by atoms with Crippen LogP contribution in [-0.4, -0.2) is 47.7 Å². The number of ether oxygens (including phenoxy) is 2. The van der Waals surface area contributed by atoms with Gasteiger partial charge >= 0.3 is 0 Å². The molecule has 1 aliphatic rings. The van der Waals surface area contributed by atoms with Gasteiger partial charge in [-0.1, -0.05) is 15.9 Å². The summed E-state index contributed by atoms with van der Waals surface area (Å²) in [6.45, 7) is 5.25. The smallest absolute Gasteiger partial charge is 0.234 e. The zero-order chi connectivity index (χ0) is 13.5. The zero-order valence-electron chi connectivity index (χ0n) is 11.2. The summed E-state index contributed by atoms with van der Waals surface area (Å²) in [5.41, 5.74) is 0. The Bertz CT molecular complexity index is 384. The maximum atomic E-state index is 5.74. The molecule has 0 radical (unpaired) electrons. The third-order valence-electron chi connectivity index (χ3n) is 3.09. The SMILES string of the molecule is CCOc1cncc(N2CCC(OCCBr)CC2)n1. The number of piperidine rings is 1. The van der Waals surface area contributed by atoms with Crippen LogP contribution in [0.4, 0.5) is 5.82 Å². The van der Waals surface area contributed by atoms with Crippen molar-refractivity contribution < 1.29 is 9.47 Å². The van der Waals surface area contributed by atoms with Gasteiger partial charge in [0.15, 0.2) is 5.82 Å². The number of hydrogen-bond donors (Lipinski definition) is 0. The molecule has 1 aromatic rings. The van der Waals surface area contributed by atoms with E-state index in [-0.39, 0.29) is 0 Å². The molecule has 6 heteroatoms. The van der Waals surface area contributed by atoms with Crippen LogP contribution in [0.1, 0.15) is 19.8 Å². The van der Waals surface area contributed by atoms with E-state index >= 15 is 0 Å². The highest BCUT2D eigenvalue weighted by atomic mass is 79.9. The minimum Gasteiger partial charge on any atom is -0.477 e. The van der Waals surface area contributed by atoms with Crippen molar-refractivity contribution in [1.29, 1.82) is 0 Å². The molecule has 0 unspecified atom stereocenters. The topological polar surface area (TPSA) is 47.5 Å². The van der Waals surface area contributed by atoms with Gasteiger partial charge < -0.3 is 14.4 Å². The highest BCUT2D eigenvalue weighted by Gasteiger charge is 2.20. The standard InChI is InChI=1S/C13H20BrN3O2/c1-2-18-13-10-15-9-12(16-13)17-6-3-11(4-7-17)19-8-5-14/h9-11H,2-8H2,1H3. The van der Waals surface area contributed by atoms with Gasteiger partial charge in [-0.25, -0.2) is 0 Å². The highest BCUT2D eigenvalue weighted by Crippen LogP contribution is 2.20. The summed E-state index contributed by atoms with van der Waals surface area (Å²) in [5, 5.41) is 0.898. The molecular weight excluding hydrogens is 310 g/mol. The third-order valence-corrected chi connectivity index (χ3v) is 3.41. The van der Waals surface area contributed by atoms with Crippen LogP contribution in [0.5, 0.6) is 5.88 Å². The molecule has 5 nitrogen and oxygen atoms in total. The van der Waals surface area contributed by atoms with E-state index in [1.807, 2.05) is 6.92 Å². The van der Waals surface area contributed by atoms with Crippen molar-refractivity contribution in [3.05, 3.63) is 12.4 Å². The van der Waals surface area contributed by atoms with Crippen molar-refractivity contribution in [3.63, 3.8) is 0 Å². The average Bonchev–Trinajstić information content (AvgIpc) is 2.46. The first-order chi connectivity index (χ1) is 9.33. The number of rotatable bonds is 6. The largest absolute Gasteiger partial charge is 0.477 e. The molecule has 2 rings (SSSR count). The van der Waals surface area contributed by atoms with Gasteiger partial charge in [-0.2, -0.15) is 4.98 Å². The van der Waals surface area contributed by atoms with E-state index in [0.29, 0.717) is 18.6 Å². The normalized spacial score (nSPS) is 16.6. The number of alkyl halides is 1. The lowest BCUT2D eigenvalue weighted by atomic mass is 10.1. The van der Waals surface area contributed by atoms with Gasteiger partial charge in [0.1, 0.15) is 0 Å². The maximum Gasteiger partial charge on any atom is 0.234 e. The minimum atomic E-state index is 0.372. The molecule has 1 saturated heterocycles. The van der Waals surface area contributed by atoms with Gasteiger partial charge in [0.05, 0.1) is 31.7 Å². The molecule has 0 amide bonds. The first-order valence-electron chi connectivity index (χ1n) is 6.71. The van der Waals surface area contributed by atoms with E-state index in [0.717, 1.165) is 43.7 Å². The summed E-state index contributed by atoms with van der Waals surface area (Å²) < 4.78 is 11.1. The predicted octanol–water partition coefficient (Wildman–Crippen LogP) is 2.26. The van der Waals surface area contributed by atoms with Gasteiger partial charge in [-0.15, -0.1) is 0 Å². The Morgan fingerprint density at radius 2 is 2.16 bits per heavy atom. The first kappa shape index (κ1) is 14.5. The van der Waals surface area contributed by atoms with Crippen molar-refractivity contribution >= 4 is 21.7 Å². The Balaban J connectivity index is 1.88. The molecule has 106 valence electrons. The molecule has 0 saturated carbocycles. The van der Waals surface area contributed by atoms with Crippen LogP contribution in [0.3, 0.4) is 0 Å². The van der Waals surface area contributed by atoms with E-state index in [1.165, 1.54) is 0 Å². The molecule has 0 N–H and O–H groups in total. The van der Waals surface area contributed by atoms with Crippen LogP contribution in [0.2, 0.25) is 0 Å². The van der Waals surface area contributed by atoms with Gasteiger partial charge in [-0.3, -0.25) is 4.98 Å². The van der Waals surface area contributed by atoms with Crippen molar-refractivity contribution in [1.82, 2.24) is 9.97 Å². The van der Waals surface area contributed by atoms with Gasteiger partial charge in [-0.05, 0) is 19.8 Å². The Morgan fingerprint density at radius 3 is 2.84 bits per heavy atom. The Morgan fingerprint density at radius 1 is 1.37 bits per heavy atom. The molecule has 19 heavy (non-hydrogen) atoms. The lowest BCUT2D eigenvalue weighted by molar-refractivity contribution is 0.0480. The van der Waals surface area contributed by atoms with Crippen LogP contribution in [0.25, 0.3) is 0 Å². The number of hydrogen-bond acceptors (Lipinski definition) is 5. The fourth-order valence-corrected chi connectivity index (χ4v) is 2.36. The lowest BCUT2D eigenvalue weighted by Gasteiger charge is -2.32. The monoisotopic (exact) mass is 329 g/mol. The molecule has 0 atom stereocenters. The summed E-state index contributed by atoms with van der Waals surface area (Å²) in [5.74, 6) is 1.49. The highest BCUT2D eigenvalue weighted by molar-refractivity contribution is 9.09. The maximum absolute atomic E-state index is 5.74. The fourth-order valence-electron chi connectivity index (χ4n) is 2.17. The number of nitrogens with zero attached hydrogens (tertiary/aromatic N) is 3.